The largest absolute Gasteiger partial charge is 0.411 e. The smallest absolute Gasteiger partial charge is 0.372 e. The Bertz CT molecular complexity index is 249. The first-order valence-corrected chi connectivity index (χ1v) is 5.31. The van der Waals surface area contributed by atoms with E-state index in [-0.39, 0.29) is 12.6 Å². The molecular formula is C10H15F3N2O. The Balaban J connectivity index is 2.05. The zero-order chi connectivity index (χ0) is 12.0. The van der Waals surface area contributed by atoms with Gasteiger partial charge < -0.3 is 4.74 Å². The van der Waals surface area contributed by atoms with Gasteiger partial charge in [-0.15, -0.1) is 0 Å². The van der Waals surface area contributed by atoms with Gasteiger partial charge in [0, 0.05) is 13.2 Å². The van der Waals surface area contributed by atoms with Crippen molar-refractivity contribution in [2.24, 2.45) is 0 Å². The van der Waals surface area contributed by atoms with Gasteiger partial charge in [-0.2, -0.15) is 18.4 Å². The number of hydrogen-bond donors (Lipinski definition) is 0. The summed E-state index contributed by atoms with van der Waals surface area (Å²) in [6, 6.07) is 2.12. The van der Waals surface area contributed by atoms with E-state index in [4.69, 9.17) is 5.26 Å². The van der Waals surface area contributed by atoms with Gasteiger partial charge in [-0.05, 0) is 25.8 Å². The van der Waals surface area contributed by atoms with E-state index >= 15 is 0 Å². The van der Waals surface area contributed by atoms with Crippen LogP contribution in [-0.2, 0) is 4.74 Å². The lowest BCUT2D eigenvalue weighted by atomic mass is 10.2. The second-order valence-electron chi connectivity index (χ2n) is 3.84. The highest BCUT2D eigenvalue weighted by molar-refractivity contribution is 4.95. The molecule has 0 saturated carbocycles. The highest BCUT2D eigenvalue weighted by atomic mass is 19.4. The fourth-order valence-electron chi connectivity index (χ4n) is 1.80. The molecule has 0 aromatic heterocycles. The molecule has 0 spiro atoms. The fraction of sp³-hybridized carbons (Fsp3) is 0.900. The molecule has 6 heteroatoms. The lowest BCUT2D eigenvalue weighted by Crippen LogP contribution is -2.30. The number of nitriles is 1. The van der Waals surface area contributed by atoms with Gasteiger partial charge in [-0.1, -0.05) is 0 Å². The number of ether oxygens (including phenoxy) is 1. The third-order valence-corrected chi connectivity index (χ3v) is 2.51. The number of nitrogens with zero attached hydrogens (tertiary/aromatic N) is 2. The topological polar surface area (TPSA) is 36.3 Å². The summed E-state index contributed by atoms with van der Waals surface area (Å²) in [4.78, 5) is 2.00. The highest BCUT2D eigenvalue weighted by Gasteiger charge is 2.27. The van der Waals surface area contributed by atoms with E-state index in [9.17, 15) is 13.2 Å². The van der Waals surface area contributed by atoms with Crippen LogP contribution in [0.25, 0.3) is 0 Å². The van der Waals surface area contributed by atoms with Gasteiger partial charge in [0.15, 0.2) is 0 Å². The molecule has 0 N–H and O–H groups in total. The van der Waals surface area contributed by atoms with Crippen LogP contribution in [-0.4, -0.2) is 43.4 Å². The summed E-state index contributed by atoms with van der Waals surface area (Å²) < 4.78 is 39.7. The van der Waals surface area contributed by atoms with Crippen molar-refractivity contribution in [2.45, 2.75) is 31.5 Å². The molecule has 1 saturated heterocycles. The second kappa shape index (κ2) is 6.06. The minimum Gasteiger partial charge on any atom is -0.372 e. The van der Waals surface area contributed by atoms with Gasteiger partial charge in [0.05, 0.1) is 12.1 Å². The van der Waals surface area contributed by atoms with Crippen molar-refractivity contribution in [3.05, 3.63) is 0 Å². The van der Waals surface area contributed by atoms with Crippen LogP contribution in [0.15, 0.2) is 0 Å². The lowest BCUT2D eigenvalue weighted by molar-refractivity contribution is -0.174. The van der Waals surface area contributed by atoms with Crippen LogP contribution in [0.4, 0.5) is 13.2 Å². The first-order valence-electron chi connectivity index (χ1n) is 5.31. The predicted molar refractivity (Wildman–Crippen MR) is 51.7 cm³/mol. The molecule has 0 amide bonds. The molecule has 1 atom stereocenters. The third-order valence-electron chi connectivity index (χ3n) is 2.51. The summed E-state index contributed by atoms with van der Waals surface area (Å²) in [6.07, 6.45) is -1.86. The average molecular weight is 236 g/mol. The number of likely N-dealkylation sites (tertiary alicyclic amines) is 1. The molecule has 1 fully saturated rings. The molecule has 0 aliphatic carbocycles. The van der Waals surface area contributed by atoms with E-state index in [0.29, 0.717) is 13.0 Å². The highest BCUT2D eigenvalue weighted by Crippen LogP contribution is 2.17. The Hall–Kier alpha value is -0.800. The number of rotatable bonds is 5. The normalized spacial score (nSPS) is 22.2. The Morgan fingerprint density at radius 1 is 1.44 bits per heavy atom. The van der Waals surface area contributed by atoms with Crippen LogP contribution in [0.1, 0.15) is 19.3 Å². The van der Waals surface area contributed by atoms with Gasteiger partial charge in [0.1, 0.15) is 6.61 Å². The summed E-state index contributed by atoms with van der Waals surface area (Å²) in [5, 5.41) is 8.77. The van der Waals surface area contributed by atoms with Crippen LogP contribution in [0, 0.1) is 11.3 Å². The molecule has 1 aliphatic heterocycles. The molecule has 92 valence electrons. The molecule has 1 aliphatic rings. The number of halogens is 3. The van der Waals surface area contributed by atoms with Gasteiger partial charge >= 0.3 is 6.18 Å². The summed E-state index contributed by atoms with van der Waals surface area (Å²) in [5.41, 5.74) is 0. The maximum atomic E-state index is 11.7. The summed E-state index contributed by atoms with van der Waals surface area (Å²) >= 11 is 0. The fourth-order valence-corrected chi connectivity index (χ4v) is 1.80. The molecule has 0 bridgehead atoms. The van der Waals surface area contributed by atoms with Crippen LogP contribution < -0.4 is 0 Å². The van der Waals surface area contributed by atoms with Crippen molar-refractivity contribution in [2.75, 3.05) is 26.3 Å². The minimum absolute atomic E-state index is 0.0670. The molecule has 3 nitrogen and oxygen atoms in total. The monoisotopic (exact) mass is 236 g/mol. The summed E-state index contributed by atoms with van der Waals surface area (Å²) in [7, 11) is 0. The third kappa shape index (κ3) is 4.81. The van der Waals surface area contributed by atoms with E-state index < -0.39 is 12.8 Å². The van der Waals surface area contributed by atoms with E-state index in [1.54, 1.807) is 0 Å². The second-order valence-corrected chi connectivity index (χ2v) is 3.84. The zero-order valence-corrected chi connectivity index (χ0v) is 8.96. The average Bonchev–Trinajstić information content (AvgIpc) is 2.63. The van der Waals surface area contributed by atoms with Gasteiger partial charge in [0.25, 0.3) is 0 Å². The summed E-state index contributed by atoms with van der Waals surface area (Å²) in [5.74, 6) is 0. The van der Waals surface area contributed by atoms with E-state index in [1.165, 1.54) is 0 Å². The van der Waals surface area contributed by atoms with Crippen molar-refractivity contribution in [3.8, 4) is 6.07 Å². The van der Waals surface area contributed by atoms with Gasteiger partial charge in [-0.25, -0.2) is 0 Å². The van der Waals surface area contributed by atoms with Crippen LogP contribution >= 0.6 is 0 Å². The van der Waals surface area contributed by atoms with Crippen LogP contribution in [0.5, 0.6) is 0 Å². The Labute approximate surface area is 92.8 Å². The van der Waals surface area contributed by atoms with E-state index in [2.05, 4.69) is 10.8 Å². The van der Waals surface area contributed by atoms with Crippen LogP contribution in [0.3, 0.4) is 0 Å². The summed E-state index contributed by atoms with van der Waals surface area (Å²) in [6.45, 7) is 0.399. The Morgan fingerprint density at radius 2 is 2.19 bits per heavy atom. The standard InChI is InChI=1S/C10H15F3N2O/c11-10(12,13)8-16-6-2-5-15-4-1-3-9(15)7-14/h9H,1-6,8H2. The van der Waals surface area contributed by atoms with E-state index in [1.807, 2.05) is 4.90 Å². The molecule has 0 aromatic carbocycles. The lowest BCUT2D eigenvalue weighted by Gasteiger charge is -2.18. The first-order chi connectivity index (χ1) is 7.53. The molecule has 1 rings (SSSR count). The molecule has 0 radical (unpaired) electrons. The quantitative estimate of drug-likeness (QED) is 0.684. The van der Waals surface area contributed by atoms with Crippen molar-refractivity contribution in [3.63, 3.8) is 0 Å². The Kier molecular flexibility index (Phi) is 5.03. The van der Waals surface area contributed by atoms with E-state index in [0.717, 1.165) is 19.4 Å². The maximum Gasteiger partial charge on any atom is 0.411 e. The molecule has 16 heavy (non-hydrogen) atoms. The minimum atomic E-state index is -4.25. The Morgan fingerprint density at radius 3 is 2.81 bits per heavy atom. The number of hydrogen-bond acceptors (Lipinski definition) is 3. The zero-order valence-electron chi connectivity index (χ0n) is 8.96. The predicted octanol–water partition coefficient (Wildman–Crippen LogP) is 1.94. The molecule has 0 aromatic rings. The van der Waals surface area contributed by atoms with Gasteiger partial charge in [0.2, 0.25) is 0 Å². The van der Waals surface area contributed by atoms with Crippen molar-refractivity contribution < 1.29 is 17.9 Å². The first kappa shape index (κ1) is 13.3. The van der Waals surface area contributed by atoms with Crippen molar-refractivity contribution in [1.29, 1.82) is 5.26 Å². The number of alkyl halides is 3. The van der Waals surface area contributed by atoms with Crippen molar-refractivity contribution in [1.82, 2.24) is 4.90 Å². The van der Waals surface area contributed by atoms with Crippen molar-refractivity contribution >= 4 is 0 Å². The maximum absolute atomic E-state index is 11.7. The molecule has 1 unspecified atom stereocenters. The molecule has 1 heterocycles. The van der Waals surface area contributed by atoms with Crippen LogP contribution in [0.2, 0.25) is 0 Å². The van der Waals surface area contributed by atoms with Gasteiger partial charge in [-0.3, -0.25) is 4.90 Å². The molecular weight excluding hydrogens is 221 g/mol. The SMILES string of the molecule is N#CC1CCCN1CCCOCC(F)(F)F.